The molecular formula is C17H12F4N2O. The number of benzene rings is 2. The van der Waals surface area contributed by atoms with Crippen LogP contribution >= 0.6 is 0 Å². The van der Waals surface area contributed by atoms with Crippen molar-refractivity contribution in [1.82, 2.24) is 9.78 Å². The lowest BCUT2D eigenvalue weighted by Gasteiger charge is -2.09. The summed E-state index contributed by atoms with van der Waals surface area (Å²) in [7, 11) is 1.04. The Balaban J connectivity index is 2.02. The van der Waals surface area contributed by atoms with E-state index in [1.165, 1.54) is 0 Å². The van der Waals surface area contributed by atoms with Crippen LogP contribution in [0.15, 0.2) is 30.3 Å². The van der Waals surface area contributed by atoms with E-state index < -0.39 is 23.6 Å². The Kier molecular flexibility index (Phi) is 3.10. The van der Waals surface area contributed by atoms with Crippen molar-refractivity contribution in [2.45, 2.75) is 19.0 Å². The molecule has 3 aromatic rings. The van der Waals surface area contributed by atoms with Gasteiger partial charge in [0.15, 0.2) is 5.56 Å². The number of rotatable bonds is 2. The number of methoxy groups -OCH3 is 1. The van der Waals surface area contributed by atoms with E-state index >= 15 is 0 Å². The Morgan fingerprint density at radius 3 is 2.42 bits per heavy atom. The Morgan fingerprint density at radius 1 is 1.08 bits per heavy atom. The van der Waals surface area contributed by atoms with Crippen molar-refractivity contribution in [3.8, 4) is 11.6 Å². The molecule has 1 aromatic heterocycles. The van der Waals surface area contributed by atoms with E-state index in [4.69, 9.17) is 0 Å². The summed E-state index contributed by atoms with van der Waals surface area (Å²) in [5.41, 5.74) is 0.997. The monoisotopic (exact) mass is 336 g/mol. The summed E-state index contributed by atoms with van der Waals surface area (Å²) in [6, 6.07) is 8.98. The van der Waals surface area contributed by atoms with Crippen LogP contribution in [0, 0.1) is 5.95 Å². The van der Waals surface area contributed by atoms with Gasteiger partial charge in [-0.3, -0.25) is 0 Å². The van der Waals surface area contributed by atoms with Gasteiger partial charge in [-0.15, -0.1) is 5.10 Å². The summed E-state index contributed by atoms with van der Waals surface area (Å²) in [6.07, 6.45) is -3.15. The molecule has 0 unspecified atom stereocenters. The van der Waals surface area contributed by atoms with Gasteiger partial charge in [0.1, 0.15) is 0 Å². The molecule has 0 bridgehead atoms. The fraction of sp³-hybridized carbons (Fsp3) is 0.235. The van der Waals surface area contributed by atoms with Crippen molar-refractivity contribution in [2.24, 2.45) is 0 Å². The first-order valence-corrected chi connectivity index (χ1v) is 7.35. The molecular weight excluding hydrogens is 324 g/mol. The van der Waals surface area contributed by atoms with Crippen molar-refractivity contribution in [3.63, 3.8) is 0 Å². The maximum atomic E-state index is 14.5. The molecule has 0 aliphatic heterocycles. The van der Waals surface area contributed by atoms with Crippen molar-refractivity contribution < 1.29 is 22.3 Å². The summed E-state index contributed by atoms with van der Waals surface area (Å²) in [6.45, 7) is 0. The first-order chi connectivity index (χ1) is 11.4. The van der Waals surface area contributed by atoms with E-state index in [0.717, 1.165) is 36.5 Å². The summed E-state index contributed by atoms with van der Waals surface area (Å²) >= 11 is 0. The molecule has 0 N–H and O–H groups in total. The van der Waals surface area contributed by atoms with Crippen LogP contribution in [0.1, 0.15) is 16.7 Å². The van der Waals surface area contributed by atoms with Gasteiger partial charge in [-0.1, -0.05) is 24.3 Å². The number of hydrogen-bond acceptors (Lipinski definition) is 2. The topological polar surface area (TPSA) is 27.1 Å². The van der Waals surface area contributed by atoms with Gasteiger partial charge in [-0.25, -0.2) is 4.68 Å². The van der Waals surface area contributed by atoms with Crippen molar-refractivity contribution in [3.05, 3.63) is 53.0 Å². The Bertz CT molecular complexity index is 949. The molecule has 0 radical (unpaired) electrons. The molecule has 0 spiro atoms. The molecule has 1 aliphatic carbocycles. The van der Waals surface area contributed by atoms with E-state index in [9.17, 15) is 17.6 Å². The van der Waals surface area contributed by atoms with Gasteiger partial charge in [0, 0.05) is 5.39 Å². The highest BCUT2D eigenvalue weighted by Crippen LogP contribution is 2.40. The second-order valence-electron chi connectivity index (χ2n) is 5.67. The molecule has 24 heavy (non-hydrogen) atoms. The fourth-order valence-electron chi connectivity index (χ4n) is 3.34. The number of aryl methyl sites for hydroxylation is 2. The number of hydrogen-bond donors (Lipinski definition) is 0. The van der Waals surface area contributed by atoms with Crippen LogP contribution in [0.25, 0.3) is 16.5 Å². The highest BCUT2D eigenvalue weighted by Gasteiger charge is 2.42. The molecule has 0 saturated heterocycles. The van der Waals surface area contributed by atoms with Gasteiger partial charge in [0.2, 0.25) is 11.8 Å². The number of ether oxygens (including phenoxy) is 1. The summed E-state index contributed by atoms with van der Waals surface area (Å²) in [4.78, 5) is 0. The highest BCUT2D eigenvalue weighted by molar-refractivity contribution is 5.96. The quantitative estimate of drug-likeness (QED) is 0.653. The summed E-state index contributed by atoms with van der Waals surface area (Å²) in [5.74, 6) is -2.25. The zero-order valence-electron chi connectivity index (χ0n) is 12.6. The maximum absolute atomic E-state index is 14.5. The van der Waals surface area contributed by atoms with Gasteiger partial charge in [-0.05, 0) is 35.4 Å². The number of alkyl halides is 3. The maximum Gasteiger partial charge on any atom is 0.426 e. The Hall–Kier alpha value is -2.57. The number of halogens is 4. The minimum atomic E-state index is -4.89. The molecule has 4 rings (SSSR count). The van der Waals surface area contributed by atoms with Crippen molar-refractivity contribution >= 4 is 10.8 Å². The third-order valence-electron chi connectivity index (χ3n) is 4.36. The average Bonchev–Trinajstić information content (AvgIpc) is 3.10. The lowest BCUT2D eigenvalue weighted by atomic mass is 10.0. The summed E-state index contributed by atoms with van der Waals surface area (Å²) in [5, 5.41) is 5.34. The minimum absolute atomic E-state index is 0.267. The van der Waals surface area contributed by atoms with Crippen LogP contribution in [0.2, 0.25) is 0 Å². The van der Waals surface area contributed by atoms with E-state index in [-0.39, 0.29) is 5.69 Å². The van der Waals surface area contributed by atoms with Crippen LogP contribution in [-0.2, 0) is 19.0 Å². The number of aromatic nitrogens is 2. The van der Waals surface area contributed by atoms with Gasteiger partial charge < -0.3 is 4.74 Å². The van der Waals surface area contributed by atoms with Crippen LogP contribution in [0.5, 0.6) is 5.88 Å². The Morgan fingerprint density at radius 2 is 1.79 bits per heavy atom. The van der Waals surface area contributed by atoms with Crippen LogP contribution in [0.4, 0.5) is 17.6 Å². The fourth-order valence-corrected chi connectivity index (χ4v) is 3.34. The molecule has 124 valence electrons. The van der Waals surface area contributed by atoms with Crippen molar-refractivity contribution in [2.75, 3.05) is 7.11 Å². The normalized spacial score (nSPS) is 13.7. The minimum Gasteiger partial charge on any atom is -0.479 e. The standard InChI is InChI=1S/C17H12F4N2O/c1-24-16-14(17(19,20)21)15(18)23(22-16)12-8-7-10-6-5-9-3-2-4-11(12)13(9)10/h2-4,7-8H,5-6H2,1H3. The van der Waals surface area contributed by atoms with Gasteiger partial charge >= 0.3 is 6.18 Å². The molecule has 0 fully saturated rings. The third-order valence-corrected chi connectivity index (χ3v) is 4.36. The first kappa shape index (κ1) is 15.0. The molecule has 0 saturated carbocycles. The predicted octanol–water partition coefficient (Wildman–Crippen LogP) is 4.29. The van der Waals surface area contributed by atoms with E-state index in [0.29, 0.717) is 10.1 Å². The lowest BCUT2D eigenvalue weighted by Crippen LogP contribution is -2.09. The van der Waals surface area contributed by atoms with Gasteiger partial charge in [-0.2, -0.15) is 17.6 Å². The molecule has 7 heteroatoms. The van der Waals surface area contributed by atoms with E-state index in [2.05, 4.69) is 9.84 Å². The lowest BCUT2D eigenvalue weighted by molar-refractivity contribution is -0.141. The smallest absolute Gasteiger partial charge is 0.426 e. The molecule has 1 heterocycles. The van der Waals surface area contributed by atoms with E-state index in [1.807, 2.05) is 18.2 Å². The largest absolute Gasteiger partial charge is 0.479 e. The molecule has 0 amide bonds. The molecule has 1 aliphatic rings. The Labute approximate surface area is 134 Å². The second-order valence-corrected chi connectivity index (χ2v) is 5.67. The zero-order valence-corrected chi connectivity index (χ0v) is 12.6. The number of nitrogens with zero attached hydrogens (tertiary/aromatic N) is 2. The average molecular weight is 336 g/mol. The van der Waals surface area contributed by atoms with Crippen LogP contribution < -0.4 is 4.74 Å². The first-order valence-electron chi connectivity index (χ1n) is 7.35. The molecule has 0 atom stereocenters. The van der Waals surface area contributed by atoms with Crippen LogP contribution in [-0.4, -0.2) is 16.9 Å². The van der Waals surface area contributed by atoms with Crippen molar-refractivity contribution in [1.29, 1.82) is 0 Å². The predicted molar refractivity (Wildman–Crippen MR) is 80.0 cm³/mol. The second kappa shape index (κ2) is 4.96. The summed E-state index contributed by atoms with van der Waals surface area (Å²) < 4.78 is 59.1. The van der Waals surface area contributed by atoms with E-state index in [1.54, 1.807) is 12.1 Å². The highest BCUT2D eigenvalue weighted by atomic mass is 19.4. The SMILES string of the molecule is COc1nn(-c2ccc3c4c(cccc24)CC3)c(F)c1C(F)(F)F. The third kappa shape index (κ3) is 2.00. The molecule has 2 aromatic carbocycles. The molecule has 3 nitrogen and oxygen atoms in total. The van der Waals surface area contributed by atoms with Gasteiger partial charge in [0.05, 0.1) is 12.8 Å². The zero-order chi connectivity index (χ0) is 17.1. The van der Waals surface area contributed by atoms with Crippen LogP contribution in [0.3, 0.4) is 0 Å². The van der Waals surface area contributed by atoms with Gasteiger partial charge in [0.25, 0.3) is 0 Å².